The predicted octanol–water partition coefficient (Wildman–Crippen LogP) is 5.27. The molecule has 0 amide bonds. The van der Waals surface area contributed by atoms with E-state index in [2.05, 4.69) is 20.9 Å². The Labute approximate surface area is 122 Å². The van der Waals surface area contributed by atoms with Gasteiger partial charge in [0.1, 0.15) is 11.4 Å². The minimum absolute atomic E-state index is 0.0825. The van der Waals surface area contributed by atoms with E-state index in [1.165, 1.54) is 12.1 Å². The average molecular weight is 346 g/mol. The second-order valence-electron chi connectivity index (χ2n) is 4.33. The summed E-state index contributed by atoms with van der Waals surface area (Å²) < 4.78 is 44.0. The van der Waals surface area contributed by atoms with Crippen LogP contribution in [-0.4, -0.2) is 4.98 Å². The zero-order chi connectivity index (χ0) is 14.9. The number of rotatable bonds is 2. The molecule has 0 unspecified atom stereocenters. The highest BCUT2D eigenvalue weighted by atomic mass is 79.9. The molecule has 0 aliphatic carbocycles. The van der Waals surface area contributed by atoms with Crippen molar-refractivity contribution in [1.82, 2.24) is 4.98 Å². The first-order valence-electron chi connectivity index (χ1n) is 5.76. The van der Waals surface area contributed by atoms with Crippen molar-refractivity contribution in [1.29, 1.82) is 0 Å². The van der Waals surface area contributed by atoms with Crippen LogP contribution in [0.1, 0.15) is 16.8 Å². The molecule has 106 valence electrons. The molecule has 0 saturated carbocycles. The number of pyridine rings is 1. The van der Waals surface area contributed by atoms with E-state index in [4.69, 9.17) is 4.74 Å². The summed E-state index contributed by atoms with van der Waals surface area (Å²) >= 11 is 3.42. The van der Waals surface area contributed by atoms with Gasteiger partial charge in [0.2, 0.25) is 5.88 Å². The van der Waals surface area contributed by atoms with Crippen LogP contribution in [0, 0.1) is 13.8 Å². The van der Waals surface area contributed by atoms with Crippen LogP contribution in [0.4, 0.5) is 13.2 Å². The number of halogens is 4. The lowest BCUT2D eigenvalue weighted by Gasteiger charge is -2.11. The fourth-order valence-corrected chi connectivity index (χ4v) is 1.94. The molecule has 0 saturated heterocycles. The summed E-state index contributed by atoms with van der Waals surface area (Å²) in [4.78, 5) is 3.46. The summed E-state index contributed by atoms with van der Waals surface area (Å²) in [5.74, 6) is 0.371. The second kappa shape index (κ2) is 5.44. The summed E-state index contributed by atoms with van der Waals surface area (Å²) in [5, 5.41) is 0. The number of benzene rings is 1. The highest BCUT2D eigenvalue weighted by Crippen LogP contribution is 2.31. The number of ether oxygens (including phenoxy) is 1. The van der Waals surface area contributed by atoms with Crippen molar-refractivity contribution in [2.75, 3.05) is 0 Å². The number of aryl methyl sites for hydroxylation is 2. The van der Waals surface area contributed by atoms with Crippen LogP contribution in [0.5, 0.6) is 11.6 Å². The quantitative estimate of drug-likeness (QED) is 0.739. The van der Waals surface area contributed by atoms with Crippen LogP contribution < -0.4 is 4.74 Å². The van der Waals surface area contributed by atoms with Crippen molar-refractivity contribution >= 4 is 15.9 Å². The fourth-order valence-electron chi connectivity index (χ4n) is 1.72. The molecule has 2 nitrogen and oxygen atoms in total. The molecule has 0 spiro atoms. The van der Waals surface area contributed by atoms with Gasteiger partial charge in [0.15, 0.2) is 0 Å². The second-order valence-corrected chi connectivity index (χ2v) is 5.12. The summed E-state index contributed by atoms with van der Waals surface area (Å²) in [6, 6.07) is 7.04. The lowest BCUT2D eigenvalue weighted by Crippen LogP contribution is -2.08. The average Bonchev–Trinajstić information content (AvgIpc) is 2.35. The number of aromatic nitrogens is 1. The smallest absolute Gasteiger partial charge is 0.433 e. The Kier molecular flexibility index (Phi) is 4.04. The molecule has 2 aromatic rings. The molecule has 0 fully saturated rings. The molecule has 2 rings (SSSR count). The number of hydrogen-bond donors (Lipinski definition) is 0. The van der Waals surface area contributed by atoms with Gasteiger partial charge >= 0.3 is 6.18 Å². The van der Waals surface area contributed by atoms with Crippen LogP contribution in [0.15, 0.2) is 34.8 Å². The molecular formula is C14H11BrF3NO. The first-order chi connectivity index (χ1) is 9.27. The lowest BCUT2D eigenvalue weighted by atomic mass is 10.1. The molecule has 1 aromatic heterocycles. The minimum atomic E-state index is -4.48. The zero-order valence-electron chi connectivity index (χ0n) is 10.8. The Morgan fingerprint density at radius 2 is 1.70 bits per heavy atom. The predicted molar refractivity (Wildman–Crippen MR) is 72.9 cm³/mol. The van der Waals surface area contributed by atoms with Crippen molar-refractivity contribution in [3.8, 4) is 11.6 Å². The minimum Gasteiger partial charge on any atom is -0.439 e. The Morgan fingerprint density at radius 1 is 1.10 bits per heavy atom. The molecule has 0 radical (unpaired) electrons. The van der Waals surface area contributed by atoms with Gasteiger partial charge < -0.3 is 4.74 Å². The molecular weight excluding hydrogens is 335 g/mol. The van der Waals surface area contributed by atoms with Crippen molar-refractivity contribution in [2.24, 2.45) is 0 Å². The first kappa shape index (κ1) is 14.8. The van der Waals surface area contributed by atoms with Crippen LogP contribution in [-0.2, 0) is 6.18 Å². The Hall–Kier alpha value is -1.56. The first-order valence-corrected chi connectivity index (χ1v) is 6.55. The Balaban J connectivity index is 2.31. The summed E-state index contributed by atoms with van der Waals surface area (Å²) in [6.45, 7) is 3.76. The van der Waals surface area contributed by atoms with Gasteiger partial charge in [-0.1, -0.05) is 22.0 Å². The molecule has 0 aliphatic heterocycles. The van der Waals surface area contributed by atoms with Crippen molar-refractivity contribution in [3.05, 3.63) is 51.6 Å². The Bertz CT molecular complexity index is 618. The maximum atomic E-state index is 12.6. The zero-order valence-corrected chi connectivity index (χ0v) is 12.3. The van der Waals surface area contributed by atoms with E-state index in [0.29, 0.717) is 5.75 Å². The van der Waals surface area contributed by atoms with Gasteiger partial charge in [-0.15, -0.1) is 0 Å². The van der Waals surface area contributed by atoms with Gasteiger partial charge in [-0.25, -0.2) is 4.98 Å². The molecule has 0 bridgehead atoms. The van der Waals surface area contributed by atoms with Gasteiger partial charge in [-0.05, 0) is 43.2 Å². The van der Waals surface area contributed by atoms with Crippen LogP contribution in [0.25, 0.3) is 0 Å². The molecule has 0 N–H and O–H groups in total. The van der Waals surface area contributed by atoms with Crippen molar-refractivity contribution in [2.45, 2.75) is 20.0 Å². The van der Waals surface area contributed by atoms with E-state index in [-0.39, 0.29) is 5.88 Å². The van der Waals surface area contributed by atoms with Crippen molar-refractivity contribution < 1.29 is 17.9 Å². The highest BCUT2D eigenvalue weighted by molar-refractivity contribution is 9.10. The van der Waals surface area contributed by atoms with E-state index >= 15 is 0 Å². The molecule has 0 atom stereocenters. The fraction of sp³-hybridized carbons (Fsp3) is 0.214. The largest absolute Gasteiger partial charge is 0.439 e. The van der Waals surface area contributed by atoms with Crippen LogP contribution in [0.3, 0.4) is 0 Å². The molecule has 6 heteroatoms. The maximum absolute atomic E-state index is 12.6. The van der Waals surface area contributed by atoms with E-state index in [1.54, 1.807) is 12.1 Å². The molecule has 20 heavy (non-hydrogen) atoms. The summed E-state index contributed by atoms with van der Waals surface area (Å²) in [6.07, 6.45) is -4.48. The van der Waals surface area contributed by atoms with E-state index in [0.717, 1.165) is 21.7 Å². The number of hydrogen-bond acceptors (Lipinski definition) is 2. The van der Waals surface area contributed by atoms with Gasteiger partial charge in [-0.2, -0.15) is 13.2 Å². The molecule has 1 aromatic carbocycles. The van der Waals surface area contributed by atoms with E-state index in [9.17, 15) is 13.2 Å². The van der Waals surface area contributed by atoms with Gasteiger partial charge in [0.05, 0.1) is 0 Å². The van der Waals surface area contributed by atoms with Crippen LogP contribution in [0.2, 0.25) is 0 Å². The lowest BCUT2D eigenvalue weighted by molar-refractivity contribution is -0.141. The molecule has 0 aliphatic rings. The van der Waals surface area contributed by atoms with E-state index < -0.39 is 11.9 Å². The SMILES string of the molecule is Cc1cc(Oc2cccc(C(F)(F)F)n2)cc(C)c1Br. The number of nitrogens with zero attached hydrogens (tertiary/aromatic N) is 1. The summed E-state index contributed by atoms with van der Waals surface area (Å²) in [5.41, 5.74) is 0.902. The third-order valence-corrected chi connectivity index (χ3v) is 3.90. The van der Waals surface area contributed by atoms with E-state index in [1.807, 2.05) is 13.8 Å². The topological polar surface area (TPSA) is 22.1 Å². The summed E-state index contributed by atoms with van der Waals surface area (Å²) in [7, 11) is 0. The van der Waals surface area contributed by atoms with Gasteiger partial charge in [0, 0.05) is 10.5 Å². The van der Waals surface area contributed by atoms with Crippen LogP contribution >= 0.6 is 15.9 Å². The standard InChI is InChI=1S/C14H11BrF3NO/c1-8-6-10(7-9(2)13(8)15)20-12-5-3-4-11(19-12)14(16,17)18/h3-7H,1-2H3. The third kappa shape index (κ3) is 3.30. The molecule has 1 heterocycles. The van der Waals surface area contributed by atoms with Gasteiger partial charge in [0.25, 0.3) is 0 Å². The monoisotopic (exact) mass is 345 g/mol. The normalized spacial score (nSPS) is 11.5. The highest BCUT2D eigenvalue weighted by Gasteiger charge is 2.32. The van der Waals surface area contributed by atoms with Gasteiger partial charge in [-0.3, -0.25) is 0 Å². The van der Waals surface area contributed by atoms with Crippen molar-refractivity contribution in [3.63, 3.8) is 0 Å². The Morgan fingerprint density at radius 3 is 2.25 bits per heavy atom. The third-order valence-electron chi connectivity index (χ3n) is 2.65. The number of alkyl halides is 3. The maximum Gasteiger partial charge on any atom is 0.433 e.